The Balaban J connectivity index is 1.90. The van der Waals surface area contributed by atoms with Crippen molar-refractivity contribution >= 4 is 39.0 Å². The van der Waals surface area contributed by atoms with E-state index in [2.05, 4.69) is 33.6 Å². The maximum atomic E-state index is 5.87. The van der Waals surface area contributed by atoms with Crippen molar-refractivity contribution in [2.45, 2.75) is 20.3 Å². The second-order valence-corrected chi connectivity index (χ2v) is 7.11. The molecule has 0 aliphatic carbocycles. The molecule has 0 radical (unpaired) electrons. The van der Waals surface area contributed by atoms with Crippen LogP contribution in [0.4, 0.5) is 5.82 Å². The number of fused-ring (bicyclic) bond motifs is 1. The van der Waals surface area contributed by atoms with Crippen LogP contribution in [0.15, 0.2) is 6.33 Å². The second-order valence-electron chi connectivity index (χ2n) is 5.53. The number of hydrogen-bond acceptors (Lipinski definition) is 5. The zero-order chi connectivity index (χ0) is 14.8. The van der Waals surface area contributed by atoms with Gasteiger partial charge in [-0.2, -0.15) is 0 Å². The molecule has 0 atom stereocenters. The maximum absolute atomic E-state index is 5.87. The lowest BCUT2D eigenvalue weighted by Crippen LogP contribution is -2.32. The summed E-state index contributed by atoms with van der Waals surface area (Å²) >= 11 is 7.63. The number of rotatable bonds is 3. The molecule has 6 heteroatoms. The van der Waals surface area contributed by atoms with Gasteiger partial charge in [-0.05, 0) is 32.4 Å². The minimum absolute atomic E-state index is 0.709. The van der Waals surface area contributed by atoms with Crippen molar-refractivity contribution in [3.8, 4) is 0 Å². The predicted molar refractivity (Wildman–Crippen MR) is 90.9 cm³/mol. The van der Waals surface area contributed by atoms with E-state index in [1.807, 2.05) is 0 Å². The second kappa shape index (κ2) is 6.46. The van der Waals surface area contributed by atoms with E-state index >= 15 is 0 Å². The molecule has 0 unspecified atom stereocenters. The van der Waals surface area contributed by atoms with Gasteiger partial charge in [0.1, 0.15) is 17.0 Å². The number of thiophene rings is 1. The van der Waals surface area contributed by atoms with Crippen molar-refractivity contribution in [1.82, 2.24) is 14.9 Å². The first-order chi connectivity index (χ1) is 10.2. The quantitative estimate of drug-likeness (QED) is 0.812. The van der Waals surface area contributed by atoms with Gasteiger partial charge < -0.3 is 9.80 Å². The van der Waals surface area contributed by atoms with Crippen LogP contribution in [-0.4, -0.2) is 53.5 Å². The zero-order valence-electron chi connectivity index (χ0n) is 12.6. The summed E-state index contributed by atoms with van der Waals surface area (Å²) in [6.07, 6.45) is 2.86. The summed E-state index contributed by atoms with van der Waals surface area (Å²) in [5.41, 5.74) is 1.33. The van der Waals surface area contributed by atoms with Crippen LogP contribution in [0, 0.1) is 13.8 Å². The highest BCUT2D eigenvalue weighted by Crippen LogP contribution is 2.34. The molecule has 0 aromatic carbocycles. The first-order valence-electron chi connectivity index (χ1n) is 7.44. The summed E-state index contributed by atoms with van der Waals surface area (Å²) in [5, 5.41) is 1.24. The SMILES string of the molecule is Cc1sc2ncnc(N3CCCN(CCCl)CC3)c2c1C. The lowest BCUT2D eigenvalue weighted by atomic mass is 10.2. The Morgan fingerprint density at radius 1 is 1.19 bits per heavy atom. The third-order valence-electron chi connectivity index (χ3n) is 4.23. The number of nitrogens with zero attached hydrogens (tertiary/aromatic N) is 4. The Labute approximate surface area is 134 Å². The van der Waals surface area contributed by atoms with Crippen LogP contribution in [0.2, 0.25) is 0 Å². The molecule has 0 N–H and O–H groups in total. The smallest absolute Gasteiger partial charge is 0.141 e. The molecule has 0 bridgehead atoms. The van der Waals surface area contributed by atoms with E-state index in [-0.39, 0.29) is 0 Å². The van der Waals surface area contributed by atoms with Crippen molar-refractivity contribution < 1.29 is 0 Å². The predicted octanol–water partition coefficient (Wildman–Crippen LogP) is 3.06. The summed E-state index contributed by atoms with van der Waals surface area (Å²) in [6, 6.07) is 0. The number of anilines is 1. The normalized spacial score (nSPS) is 17.4. The van der Waals surface area contributed by atoms with E-state index in [1.54, 1.807) is 17.7 Å². The Bertz CT molecular complexity index is 627. The number of alkyl halides is 1. The minimum atomic E-state index is 0.709. The van der Waals surface area contributed by atoms with Crippen LogP contribution >= 0.6 is 22.9 Å². The zero-order valence-corrected chi connectivity index (χ0v) is 14.2. The average molecular weight is 325 g/mol. The van der Waals surface area contributed by atoms with Crippen LogP contribution in [0.5, 0.6) is 0 Å². The molecule has 2 aromatic heterocycles. The van der Waals surface area contributed by atoms with Gasteiger partial charge in [0, 0.05) is 36.9 Å². The van der Waals surface area contributed by atoms with Crippen LogP contribution in [-0.2, 0) is 0 Å². The molecule has 3 rings (SSSR count). The number of aromatic nitrogens is 2. The van der Waals surface area contributed by atoms with E-state index in [9.17, 15) is 0 Å². The van der Waals surface area contributed by atoms with E-state index in [1.165, 1.54) is 15.8 Å². The van der Waals surface area contributed by atoms with Crippen LogP contribution in [0.1, 0.15) is 16.9 Å². The van der Waals surface area contributed by atoms with Gasteiger partial charge in [0.05, 0.1) is 5.39 Å². The van der Waals surface area contributed by atoms with Gasteiger partial charge >= 0.3 is 0 Å². The lowest BCUT2D eigenvalue weighted by molar-refractivity contribution is 0.311. The van der Waals surface area contributed by atoms with E-state index < -0.39 is 0 Å². The first kappa shape index (κ1) is 15.0. The molecule has 1 aliphatic heterocycles. The summed E-state index contributed by atoms with van der Waals surface area (Å²) < 4.78 is 0. The summed E-state index contributed by atoms with van der Waals surface area (Å²) in [7, 11) is 0. The van der Waals surface area contributed by atoms with Crippen molar-refractivity contribution in [1.29, 1.82) is 0 Å². The molecular formula is C15H21ClN4S. The summed E-state index contributed by atoms with van der Waals surface area (Å²) in [5.74, 6) is 1.82. The van der Waals surface area contributed by atoms with Crippen LogP contribution < -0.4 is 4.90 Å². The first-order valence-corrected chi connectivity index (χ1v) is 8.79. The van der Waals surface area contributed by atoms with E-state index in [0.29, 0.717) is 5.88 Å². The molecule has 0 spiro atoms. The third kappa shape index (κ3) is 3.00. The van der Waals surface area contributed by atoms with Gasteiger partial charge in [-0.15, -0.1) is 22.9 Å². The molecule has 4 nitrogen and oxygen atoms in total. The number of hydrogen-bond donors (Lipinski definition) is 0. The number of aryl methyl sites for hydroxylation is 2. The molecule has 0 amide bonds. The fourth-order valence-electron chi connectivity index (χ4n) is 2.93. The summed E-state index contributed by atoms with van der Waals surface area (Å²) in [6.45, 7) is 9.57. The monoisotopic (exact) mass is 324 g/mol. The topological polar surface area (TPSA) is 32.3 Å². The van der Waals surface area contributed by atoms with Crippen molar-refractivity contribution in [3.63, 3.8) is 0 Å². The van der Waals surface area contributed by atoms with E-state index in [4.69, 9.17) is 11.6 Å². The number of halogens is 1. The molecule has 2 aromatic rings. The largest absolute Gasteiger partial charge is 0.355 e. The molecule has 1 saturated heterocycles. The minimum Gasteiger partial charge on any atom is -0.355 e. The molecule has 1 aliphatic rings. The highest BCUT2D eigenvalue weighted by Gasteiger charge is 2.20. The Morgan fingerprint density at radius 2 is 2.05 bits per heavy atom. The Morgan fingerprint density at radius 3 is 2.86 bits per heavy atom. The van der Waals surface area contributed by atoms with Gasteiger partial charge in [-0.25, -0.2) is 9.97 Å². The standard InChI is InChI=1S/C15H21ClN4S/c1-11-12(2)21-15-13(11)14(17-10-18-15)20-6-3-5-19(7-4-16)8-9-20/h10H,3-9H2,1-2H3. The van der Waals surface area contributed by atoms with Crippen molar-refractivity contribution in [2.24, 2.45) is 0 Å². The van der Waals surface area contributed by atoms with Gasteiger partial charge in [0.25, 0.3) is 0 Å². The van der Waals surface area contributed by atoms with Gasteiger partial charge in [-0.3, -0.25) is 0 Å². The molecule has 114 valence electrons. The third-order valence-corrected chi connectivity index (χ3v) is 5.52. The maximum Gasteiger partial charge on any atom is 0.141 e. The molecular weight excluding hydrogens is 304 g/mol. The molecule has 0 saturated carbocycles. The molecule has 1 fully saturated rings. The van der Waals surface area contributed by atoms with Gasteiger partial charge in [0.2, 0.25) is 0 Å². The molecule has 21 heavy (non-hydrogen) atoms. The van der Waals surface area contributed by atoms with Crippen molar-refractivity contribution in [3.05, 3.63) is 16.8 Å². The fourth-order valence-corrected chi connectivity index (χ4v) is 4.16. The average Bonchev–Trinajstić information content (AvgIpc) is 2.67. The Hall–Kier alpha value is -0.910. The van der Waals surface area contributed by atoms with Crippen LogP contribution in [0.25, 0.3) is 10.2 Å². The molecule has 3 heterocycles. The highest BCUT2D eigenvalue weighted by molar-refractivity contribution is 7.18. The van der Waals surface area contributed by atoms with Crippen molar-refractivity contribution in [2.75, 3.05) is 43.5 Å². The Kier molecular flexibility index (Phi) is 4.62. The van der Waals surface area contributed by atoms with E-state index in [0.717, 1.165) is 49.8 Å². The van der Waals surface area contributed by atoms with Gasteiger partial charge in [0.15, 0.2) is 0 Å². The summed E-state index contributed by atoms with van der Waals surface area (Å²) in [4.78, 5) is 16.3. The van der Waals surface area contributed by atoms with Crippen LogP contribution in [0.3, 0.4) is 0 Å². The fraction of sp³-hybridized carbons (Fsp3) is 0.600. The highest BCUT2D eigenvalue weighted by atomic mass is 35.5. The lowest BCUT2D eigenvalue weighted by Gasteiger charge is -2.23. The van der Waals surface area contributed by atoms with Gasteiger partial charge in [-0.1, -0.05) is 0 Å².